The van der Waals surface area contributed by atoms with Crippen LogP contribution in [-0.2, 0) is 28.6 Å². The molecule has 0 heterocycles. The second kappa shape index (κ2) is 40.4. The molecule has 0 aromatic carbocycles. The summed E-state index contributed by atoms with van der Waals surface area (Å²) in [6, 6.07) is 0. The van der Waals surface area contributed by atoms with Crippen LogP contribution in [-0.4, -0.2) is 37.2 Å². The standard InChI is InChI=1S/C45H80O6/c1-4-7-10-13-16-19-21-22-24-26-29-32-35-38-44(47)50-41-42(40-49-43(46)37-34-31-28-25-18-15-12-9-6-3)51-45(48)39-36-33-30-27-23-20-17-14-11-8-5-2/h22,24-25,28-29,32,42H,4-21,23,26-27,30-31,33-41H2,1-3H3/b24-22-,28-25-,32-29-. The van der Waals surface area contributed by atoms with Gasteiger partial charge in [-0.3, -0.25) is 14.4 Å². The van der Waals surface area contributed by atoms with Gasteiger partial charge >= 0.3 is 17.9 Å². The molecule has 0 saturated carbocycles. The van der Waals surface area contributed by atoms with Crippen molar-refractivity contribution in [2.45, 2.75) is 219 Å². The highest BCUT2D eigenvalue weighted by molar-refractivity contribution is 5.71. The molecule has 1 unspecified atom stereocenters. The van der Waals surface area contributed by atoms with Crippen molar-refractivity contribution in [2.75, 3.05) is 13.2 Å². The molecular formula is C45H80O6. The van der Waals surface area contributed by atoms with E-state index in [0.717, 1.165) is 44.9 Å². The SMILES string of the molecule is CCCCCC/C=C\CCCC(=O)OCC(COC(=O)CC/C=C\C/C=C\CCCCCCCC)OC(=O)CCCCCCCCCCCCC. The second-order valence-corrected chi connectivity index (χ2v) is 14.3. The summed E-state index contributed by atoms with van der Waals surface area (Å²) < 4.78 is 16.5. The molecule has 51 heavy (non-hydrogen) atoms. The van der Waals surface area contributed by atoms with Gasteiger partial charge in [0.2, 0.25) is 0 Å². The number of rotatable bonds is 38. The predicted molar refractivity (Wildman–Crippen MR) is 215 cm³/mol. The van der Waals surface area contributed by atoms with Gasteiger partial charge in [0.1, 0.15) is 13.2 Å². The van der Waals surface area contributed by atoms with Crippen molar-refractivity contribution in [2.24, 2.45) is 0 Å². The summed E-state index contributed by atoms with van der Waals surface area (Å²) >= 11 is 0. The molecule has 0 aliphatic heterocycles. The second-order valence-electron chi connectivity index (χ2n) is 14.3. The molecule has 0 aliphatic rings. The van der Waals surface area contributed by atoms with Crippen LogP contribution >= 0.6 is 0 Å². The first-order chi connectivity index (χ1) is 25.0. The van der Waals surface area contributed by atoms with Gasteiger partial charge in [-0.1, -0.05) is 173 Å². The molecule has 0 aliphatic carbocycles. The summed E-state index contributed by atoms with van der Waals surface area (Å²) in [7, 11) is 0. The Labute approximate surface area is 315 Å². The normalized spacial score (nSPS) is 12.3. The van der Waals surface area contributed by atoms with E-state index in [0.29, 0.717) is 25.7 Å². The molecule has 0 bridgehead atoms. The van der Waals surface area contributed by atoms with Crippen LogP contribution in [0.3, 0.4) is 0 Å². The van der Waals surface area contributed by atoms with E-state index in [1.807, 2.05) is 6.08 Å². The first-order valence-electron chi connectivity index (χ1n) is 21.5. The molecule has 0 radical (unpaired) electrons. The smallest absolute Gasteiger partial charge is 0.306 e. The van der Waals surface area contributed by atoms with Crippen molar-refractivity contribution in [3.05, 3.63) is 36.5 Å². The topological polar surface area (TPSA) is 78.9 Å². The lowest BCUT2D eigenvalue weighted by Crippen LogP contribution is -2.30. The van der Waals surface area contributed by atoms with Crippen LogP contribution in [0.2, 0.25) is 0 Å². The molecule has 0 saturated heterocycles. The van der Waals surface area contributed by atoms with Crippen LogP contribution in [0.1, 0.15) is 213 Å². The molecule has 6 heteroatoms. The molecule has 1 atom stereocenters. The van der Waals surface area contributed by atoms with E-state index in [9.17, 15) is 14.4 Å². The van der Waals surface area contributed by atoms with Gasteiger partial charge in [0.05, 0.1) is 0 Å². The van der Waals surface area contributed by atoms with E-state index in [1.54, 1.807) is 0 Å². The van der Waals surface area contributed by atoms with Crippen LogP contribution in [0.4, 0.5) is 0 Å². The van der Waals surface area contributed by atoms with E-state index in [4.69, 9.17) is 14.2 Å². The van der Waals surface area contributed by atoms with E-state index >= 15 is 0 Å². The predicted octanol–water partition coefficient (Wildman–Crippen LogP) is 13.4. The van der Waals surface area contributed by atoms with Crippen LogP contribution in [0.5, 0.6) is 0 Å². The lowest BCUT2D eigenvalue weighted by atomic mass is 10.1. The molecule has 0 spiro atoms. The van der Waals surface area contributed by atoms with Gasteiger partial charge in [-0.2, -0.15) is 0 Å². The minimum absolute atomic E-state index is 0.103. The summed E-state index contributed by atoms with van der Waals surface area (Å²) in [4.78, 5) is 37.5. The van der Waals surface area contributed by atoms with Crippen molar-refractivity contribution in [3.8, 4) is 0 Å². The highest BCUT2D eigenvalue weighted by Gasteiger charge is 2.19. The van der Waals surface area contributed by atoms with Crippen LogP contribution in [0.25, 0.3) is 0 Å². The summed E-state index contributed by atoms with van der Waals surface area (Å²) in [5.41, 5.74) is 0. The lowest BCUT2D eigenvalue weighted by molar-refractivity contribution is -0.166. The van der Waals surface area contributed by atoms with Gasteiger partial charge in [-0.15, -0.1) is 0 Å². The number of hydrogen-bond acceptors (Lipinski definition) is 6. The van der Waals surface area contributed by atoms with Gasteiger partial charge in [-0.25, -0.2) is 0 Å². The van der Waals surface area contributed by atoms with Gasteiger partial charge < -0.3 is 14.2 Å². The molecule has 0 amide bonds. The third-order valence-electron chi connectivity index (χ3n) is 9.13. The van der Waals surface area contributed by atoms with Crippen LogP contribution in [0.15, 0.2) is 36.5 Å². The minimum Gasteiger partial charge on any atom is -0.462 e. The maximum atomic E-state index is 12.6. The van der Waals surface area contributed by atoms with Gasteiger partial charge in [-0.05, 0) is 57.8 Å². The van der Waals surface area contributed by atoms with E-state index in [1.165, 1.54) is 116 Å². The average Bonchev–Trinajstić information content (AvgIpc) is 3.12. The van der Waals surface area contributed by atoms with Crippen molar-refractivity contribution < 1.29 is 28.6 Å². The summed E-state index contributed by atoms with van der Waals surface area (Å²) in [6.07, 6.45) is 44.3. The Kier molecular flexibility index (Phi) is 38.5. The van der Waals surface area contributed by atoms with Crippen molar-refractivity contribution >= 4 is 17.9 Å². The lowest BCUT2D eigenvalue weighted by Gasteiger charge is -2.18. The number of ether oxygens (including phenoxy) is 3. The van der Waals surface area contributed by atoms with Crippen molar-refractivity contribution in [1.82, 2.24) is 0 Å². The molecule has 0 fully saturated rings. The molecule has 0 aromatic rings. The third kappa shape index (κ3) is 38.7. The average molecular weight is 717 g/mol. The maximum absolute atomic E-state index is 12.6. The Balaban J connectivity index is 4.46. The number of hydrogen-bond donors (Lipinski definition) is 0. The van der Waals surface area contributed by atoms with E-state index in [2.05, 4.69) is 51.2 Å². The zero-order valence-electron chi connectivity index (χ0n) is 33.6. The molecule has 0 aromatic heterocycles. The molecule has 6 nitrogen and oxygen atoms in total. The van der Waals surface area contributed by atoms with Crippen molar-refractivity contribution in [1.29, 1.82) is 0 Å². The highest BCUT2D eigenvalue weighted by Crippen LogP contribution is 2.13. The minimum atomic E-state index is -0.798. The quantitative estimate of drug-likeness (QED) is 0.0274. The van der Waals surface area contributed by atoms with Crippen LogP contribution in [0, 0.1) is 0 Å². The highest BCUT2D eigenvalue weighted by atomic mass is 16.6. The number of carbonyl (C=O) groups is 3. The zero-order chi connectivity index (χ0) is 37.3. The fraction of sp³-hybridized carbons (Fsp3) is 0.800. The largest absolute Gasteiger partial charge is 0.462 e. The molecule has 0 rings (SSSR count). The van der Waals surface area contributed by atoms with Crippen molar-refractivity contribution in [3.63, 3.8) is 0 Å². The Morgan fingerprint density at radius 2 is 0.765 bits per heavy atom. The Morgan fingerprint density at radius 3 is 1.29 bits per heavy atom. The first-order valence-corrected chi connectivity index (χ1v) is 21.5. The van der Waals surface area contributed by atoms with E-state index in [-0.39, 0.29) is 37.5 Å². The monoisotopic (exact) mass is 717 g/mol. The van der Waals surface area contributed by atoms with Gasteiger partial charge in [0.15, 0.2) is 6.10 Å². The number of unbranched alkanes of at least 4 members (excludes halogenated alkanes) is 21. The summed E-state index contributed by atoms with van der Waals surface area (Å²) in [5, 5.41) is 0. The summed E-state index contributed by atoms with van der Waals surface area (Å²) in [5.74, 6) is -1.01. The zero-order valence-corrected chi connectivity index (χ0v) is 33.6. The number of esters is 3. The maximum Gasteiger partial charge on any atom is 0.306 e. The van der Waals surface area contributed by atoms with Crippen LogP contribution < -0.4 is 0 Å². The Morgan fingerprint density at radius 1 is 0.392 bits per heavy atom. The van der Waals surface area contributed by atoms with Gasteiger partial charge in [0, 0.05) is 19.3 Å². The Hall–Kier alpha value is -2.37. The molecular weight excluding hydrogens is 636 g/mol. The number of allylic oxidation sites excluding steroid dienone is 6. The van der Waals surface area contributed by atoms with Gasteiger partial charge in [0.25, 0.3) is 0 Å². The third-order valence-corrected chi connectivity index (χ3v) is 9.13. The number of carbonyl (C=O) groups excluding carboxylic acids is 3. The van der Waals surface area contributed by atoms with E-state index < -0.39 is 6.10 Å². The fourth-order valence-electron chi connectivity index (χ4n) is 5.85. The molecule has 0 N–H and O–H groups in total. The Bertz CT molecular complexity index is 876. The first kappa shape index (κ1) is 48.6. The fourth-order valence-corrected chi connectivity index (χ4v) is 5.85. The molecule has 296 valence electrons. The summed E-state index contributed by atoms with van der Waals surface area (Å²) in [6.45, 7) is 6.49.